The topological polar surface area (TPSA) is 18.5 Å². The Kier molecular flexibility index (Phi) is 4.89. The van der Waals surface area contributed by atoms with Crippen LogP contribution in [0.1, 0.15) is 18.4 Å². The first-order chi connectivity index (χ1) is 8.35. The van der Waals surface area contributed by atoms with Crippen LogP contribution in [0, 0.1) is 5.41 Å². The van der Waals surface area contributed by atoms with Gasteiger partial charge in [0.05, 0.1) is 13.2 Å². The summed E-state index contributed by atoms with van der Waals surface area (Å²) in [6, 6.07) is 10.3. The highest BCUT2D eigenvalue weighted by atomic mass is 32.1. The van der Waals surface area contributed by atoms with Gasteiger partial charge in [-0.3, -0.25) is 0 Å². The maximum atomic E-state index is 5.85. The van der Waals surface area contributed by atoms with Gasteiger partial charge >= 0.3 is 0 Å². The maximum Gasteiger partial charge on any atom is 0.0717 e. The van der Waals surface area contributed by atoms with Gasteiger partial charge in [0.2, 0.25) is 0 Å². The molecule has 2 nitrogen and oxygen atoms in total. The Hall–Kier alpha value is -0.510. The monoisotopic (exact) mass is 252 g/mol. The van der Waals surface area contributed by atoms with E-state index in [-0.39, 0.29) is 5.41 Å². The lowest BCUT2D eigenvalue weighted by atomic mass is 9.83. The second kappa shape index (κ2) is 6.43. The predicted molar refractivity (Wildman–Crippen MR) is 72.4 cm³/mol. The summed E-state index contributed by atoms with van der Waals surface area (Å²) in [5.74, 6) is 0.880. The zero-order valence-corrected chi connectivity index (χ0v) is 11.0. The van der Waals surface area contributed by atoms with Gasteiger partial charge in [0.15, 0.2) is 0 Å². The molecule has 1 heterocycles. The molecule has 0 amide bonds. The van der Waals surface area contributed by atoms with Gasteiger partial charge in [-0.15, -0.1) is 0 Å². The smallest absolute Gasteiger partial charge is 0.0717 e. The van der Waals surface area contributed by atoms with E-state index in [4.69, 9.17) is 9.47 Å². The minimum Gasteiger partial charge on any atom is -0.381 e. The summed E-state index contributed by atoms with van der Waals surface area (Å²) in [6.45, 7) is 3.16. The minimum absolute atomic E-state index is 0.218. The first kappa shape index (κ1) is 12.9. The molecule has 1 aromatic rings. The fraction of sp³-hybridized carbons (Fsp3) is 0.571. The van der Waals surface area contributed by atoms with Crippen molar-refractivity contribution >= 4 is 12.6 Å². The number of ether oxygens (including phenoxy) is 2. The summed E-state index contributed by atoms with van der Waals surface area (Å²) in [5, 5.41) is 0. The van der Waals surface area contributed by atoms with Gasteiger partial charge in [0, 0.05) is 18.6 Å². The Labute approximate surface area is 109 Å². The van der Waals surface area contributed by atoms with Crippen LogP contribution in [0.5, 0.6) is 0 Å². The van der Waals surface area contributed by atoms with Crippen molar-refractivity contribution in [1.29, 1.82) is 0 Å². The van der Waals surface area contributed by atoms with E-state index >= 15 is 0 Å². The normalized spacial score (nSPS) is 19.1. The van der Waals surface area contributed by atoms with Crippen molar-refractivity contribution in [1.82, 2.24) is 0 Å². The predicted octanol–water partition coefficient (Wildman–Crippen LogP) is 2.93. The van der Waals surface area contributed by atoms with Crippen LogP contribution >= 0.6 is 12.6 Å². The van der Waals surface area contributed by atoms with E-state index in [1.165, 1.54) is 5.56 Å². The third-order valence-corrected chi connectivity index (χ3v) is 4.08. The molecule has 0 atom stereocenters. The summed E-state index contributed by atoms with van der Waals surface area (Å²) >= 11 is 4.47. The molecule has 0 radical (unpaired) electrons. The Morgan fingerprint density at radius 3 is 2.53 bits per heavy atom. The lowest BCUT2D eigenvalue weighted by molar-refractivity contribution is -0.0315. The molecule has 1 aliphatic rings. The van der Waals surface area contributed by atoms with Gasteiger partial charge in [-0.2, -0.15) is 12.6 Å². The van der Waals surface area contributed by atoms with Crippen molar-refractivity contribution in [3.63, 3.8) is 0 Å². The molecule has 17 heavy (non-hydrogen) atoms. The van der Waals surface area contributed by atoms with E-state index in [1.54, 1.807) is 0 Å². The van der Waals surface area contributed by atoms with Crippen molar-refractivity contribution in [3.05, 3.63) is 35.9 Å². The third-order valence-electron chi connectivity index (χ3n) is 3.41. The van der Waals surface area contributed by atoms with Crippen LogP contribution in [0.4, 0.5) is 0 Å². The summed E-state index contributed by atoms with van der Waals surface area (Å²) in [5.41, 5.74) is 1.45. The second-order valence-corrected chi connectivity index (χ2v) is 5.07. The third kappa shape index (κ3) is 3.73. The molecule has 0 aliphatic carbocycles. The standard InChI is InChI=1S/C14H20O2S/c17-12-14(6-8-15-9-7-14)11-16-10-13-4-2-1-3-5-13/h1-5,17H,6-12H2. The number of hydrogen-bond acceptors (Lipinski definition) is 3. The highest BCUT2D eigenvalue weighted by Gasteiger charge is 2.31. The minimum atomic E-state index is 0.218. The van der Waals surface area contributed by atoms with E-state index in [0.717, 1.165) is 38.4 Å². The van der Waals surface area contributed by atoms with Crippen molar-refractivity contribution in [2.45, 2.75) is 19.4 Å². The van der Waals surface area contributed by atoms with Crippen LogP contribution in [0.15, 0.2) is 30.3 Å². The Morgan fingerprint density at radius 2 is 1.88 bits per heavy atom. The molecular weight excluding hydrogens is 232 g/mol. The van der Waals surface area contributed by atoms with Crippen LogP contribution in [-0.4, -0.2) is 25.6 Å². The largest absolute Gasteiger partial charge is 0.381 e. The summed E-state index contributed by atoms with van der Waals surface area (Å²) < 4.78 is 11.3. The number of thiol groups is 1. The van der Waals surface area contributed by atoms with Crippen LogP contribution in [-0.2, 0) is 16.1 Å². The zero-order chi connectivity index (χ0) is 12.0. The molecule has 1 fully saturated rings. The molecule has 1 saturated heterocycles. The number of benzene rings is 1. The summed E-state index contributed by atoms with van der Waals surface area (Å²) in [6.07, 6.45) is 2.12. The van der Waals surface area contributed by atoms with Crippen LogP contribution in [0.3, 0.4) is 0 Å². The number of hydrogen-bond donors (Lipinski definition) is 1. The molecule has 0 N–H and O–H groups in total. The molecule has 0 aromatic heterocycles. The SMILES string of the molecule is SCC1(COCc2ccccc2)CCOCC1. The molecule has 1 aliphatic heterocycles. The fourth-order valence-electron chi connectivity index (χ4n) is 2.11. The average molecular weight is 252 g/mol. The molecule has 0 bridgehead atoms. The lowest BCUT2D eigenvalue weighted by Gasteiger charge is -2.35. The molecule has 1 aromatic carbocycles. The van der Waals surface area contributed by atoms with Gasteiger partial charge in [-0.1, -0.05) is 30.3 Å². The van der Waals surface area contributed by atoms with Gasteiger partial charge < -0.3 is 9.47 Å². The Balaban J connectivity index is 1.80. The molecule has 3 heteroatoms. The van der Waals surface area contributed by atoms with Crippen LogP contribution in [0.25, 0.3) is 0 Å². The average Bonchev–Trinajstić information content (AvgIpc) is 2.41. The molecule has 0 spiro atoms. The summed E-state index contributed by atoms with van der Waals surface area (Å²) in [4.78, 5) is 0. The second-order valence-electron chi connectivity index (χ2n) is 4.75. The lowest BCUT2D eigenvalue weighted by Crippen LogP contribution is -2.35. The fourth-order valence-corrected chi connectivity index (χ4v) is 2.52. The van der Waals surface area contributed by atoms with Crippen LogP contribution < -0.4 is 0 Å². The van der Waals surface area contributed by atoms with Gasteiger partial charge in [-0.25, -0.2) is 0 Å². The summed E-state index contributed by atoms with van der Waals surface area (Å²) in [7, 11) is 0. The van der Waals surface area contributed by atoms with Crippen molar-refractivity contribution in [2.24, 2.45) is 5.41 Å². The highest BCUT2D eigenvalue weighted by Crippen LogP contribution is 2.32. The molecule has 94 valence electrons. The molecule has 0 unspecified atom stereocenters. The first-order valence-corrected chi connectivity index (χ1v) is 6.78. The van der Waals surface area contributed by atoms with E-state index in [0.29, 0.717) is 6.61 Å². The van der Waals surface area contributed by atoms with Crippen molar-refractivity contribution in [3.8, 4) is 0 Å². The Morgan fingerprint density at radius 1 is 1.18 bits per heavy atom. The zero-order valence-electron chi connectivity index (χ0n) is 10.1. The van der Waals surface area contributed by atoms with Gasteiger partial charge in [-0.05, 0) is 24.2 Å². The van der Waals surface area contributed by atoms with E-state index in [1.807, 2.05) is 18.2 Å². The quantitative estimate of drug-likeness (QED) is 0.812. The van der Waals surface area contributed by atoms with E-state index in [2.05, 4.69) is 24.8 Å². The van der Waals surface area contributed by atoms with Crippen LogP contribution in [0.2, 0.25) is 0 Å². The van der Waals surface area contributed by atoms with Crippen molar-refractivity contribution in [2.75, 3.05) is 25.6 Å². The molecule has 2 rings (SSSR count). The molecule has 0 saturated carbocycles. The molecular formula is C14H20O2S. The maximum absolute atomic E-state index is 5.85. The first-order valence-electron chi connectivity index (χ1n) is 6.15. The Bertz CT molecular complexity index is 320. The van der Waals surface area contributed by atoms with Crippen molar-refractivity contribution < 1.29 is 9.47 Å². The van der Waals surface area contributed by atoms with Gasteiger partial charge in [0.25, 0.3) is 0 Å². The van der Waals surface area contributed by atoms with E-state index < -0.39 is 0 Å². The highest BCUT2D eigenvalue weighted by molar-refractivity contribution is 7.80. The van der Waals surface area contributed by atoms with Gasteiger partial charge in [0.1, 0.15) is 0 Å². The van der Waals surface area contributed by atoms with E-state index in [9.17, 15) is 0 Å². The number of rotatable bonds is 5.